The number of amides is 1. The van der Waals surface area contributed by atoms with Gasteiger partial charge in [-0.25, -0.2) is 4.79 Å². The molecular weight excluding hydrogens is 552 g/mol. The first-order valence-electron chi connectivity index (χ1n) is 12.3. The van der Waals surface area contributed by atoms with Crippen LogP contribution in [0, 0.1) is 6.92 Å². The first-order chi connectivity index (χ1) is 19.3. The van der Waals surface area contributed by atoms with Gasteiger partial charge in [-0.05, 0) is 62.7 Å². The van der Waals surface area contributed by atoms with Crippen LogP contribution in [0.2, 0.25) is 0 Å². The van der Waals surface area contributed by atoms with Crippen molar-refractivity contribution in [3.8, 4) is 28.6 Å². The van der Waals surface area contributed by atoms with Crippen LogP contribution in [0.3, 0.4) is 0 Å². The van der Waals surface area contributed by atoms with Crippen molar-refractivity contribution in [2.45, 2.75) is 25.9 Å². The van der Waals surface area contributed by atoms with Gasteiger partial charge in [-0.2, -0.15) is 0 Å². The Balaban J connectivity index is 1.64. The van der Waals surface area contributed by atoms with Crippen molar-refractivity contribution >= 4 is 45.8 Å². The van der Waals surface area contributed by atoms with Crippen LogP contribution in [0.5, 0.6) is 11.5 Å². The molecule has 208 valence electrons. The number of thioether (sulfide) groups is 1. The van der Waals surface area contributed by atoms with E-state index in [0.717, 1.165) is 22.6 Å². The van der Waals surface area contributed by atoms with Gasteiger partial charge in [0.05, 0.1) is 48.3 Å². The number of ether oxygens (including phenoxy) is 3. The van der Waals surface area contributed by atoms with Gasteiger partial charge in [-0.15, -0.1) is 21.5 Å². The fraction of sp³-hybridized carbons (Fsp3) is 0.250. The normalized spacial score (nSPS) is 10.7. The monoisotopic (exact) mass is 580 g/mol. The van der Waals surface area contributed by atoms with Crippen LogP contribution in [0.4, 0.5) is 5.00 Å². The minimum absolute atomic E-state index is 0.0329. The van der Waals surface area contributed by atoms with Crippen molar-refractivity contribution in [2.24, 2.45) is 0 Å². The van der Waals surface area contributed by atoms with Gasteiger partial charge in [-0.1, -0.05) is 23.9 Å². The molecule has 0 saturated carbocycles. The second kappa shape index (κ2) is 12.8. The number of ketones is 1. The van der Waals surface area contributed by atoms with Crippen molar-refractivity contribution in [1.82, 2.24) is 14.8 Å². The number of esters is 1. The zero-order chi connectivity index (χ0) is 28.8. The van der Waals surface area contributed by atoms with Gasteiger partial charge in [-0.3, -0.25) is 14.2 Å². The first-order valence-corrected chi connectivity index (χ1v) is 14.1. The second-order valence-electron chi connectivity index (χ2n) is 8.41. The molecule has 0 spiro atoms. The second-order valence-corrected chi connectivity index (χ2v) is 10.4. The average Bonchev–Trinajstić information content (AvgIpc) is 3.52. The molecule has 10 nitrogen and oxygen atoms in total. The molecule has 12 heteroatoms. The van der Waals surface area contributed by atoms with Gasteiger partial charge in [0.2, 0.25) is 5.91 Å². The number of rotatable bonds is 11. The minimum atomic E-state index is -0.590. The van der Waals surface area contributed by atoms with E-state index in [-0.39, 0.29) is 34.6 Å². The Hall–Kier alpha value is -4.16. The van der Waals surface area contributed by atoms with E-state index in [1.54, 1.807) is 28.1 Å². The lowest BCUT2D eigenvalue weighted by Crippen LogP contribution is -2.17. The number of nitrogens with one attached hydrogen (secondary N) is 1. The van der Waals surface area contributed by atoms with E-state index in [0.29, 0.717) is 32.9 Å². The summed E-state index contributed by atoms with van der Waals surface area (Å²) in [6.45, 7) is 4.95. The lowest BCUT2D eigenvalue weighted by molar-refractivity contribution is -0.113. The first kappa shape index (κ1) is 28.8. The fourth-order valence-corrected chi connectivity index (χ4v) is 5.87. The largest absolute Gasteiger partial charge is 0.497 e. The molecule has 2 heterocycles. The highest BCUT2D eigenvalue weighted by molar-refractivity contribution is 7.99. The molecule has 0 aliphatic heterocycles. The highest BCUT2D eigenvalue weighted by Crippen LogP contribution is 2.36. The van der Waals surface area contributed by atoms with Gasteiger partial charge in [0.25, 0.3) is 0 Å². The van der Waals surface area contributed by atoms with Crippen molar-refractivity contribution in [1.29, 1.82) is 0 Å². The summed E-state index contributed by atoms with van der Waals surface area (Å²) in [5.74, 6) is 0.656. The number of benzene rings is 2. The van der Waals surface area contributed by atoms with E-state index in [4.69, 9.17) is 14.2 Å². The Bertz CT molecular complexity index is 1540. The molecule has 2 aromatic carbocycles. The summed E-state index contributed by atoms with van der Waals surface area (Å²) in [7, 11) is 3.18. The molecule has 0 aliphatic carbocycles. The molecule has 0 atom stereocenters. The highest BCUT2D eigenvalue weighted by Gasteiger charge is 2.26. The molecule has 0 unspecified atom stereocenters. The lowest BCUT2D eigenvalue weighted by Gasteiger charge is -2.13. The molecule has 4 rings (SSSR count). The summed E-state index contributed by atoms with van der Waals surface area (Å²) in [5, 5.41) is 12.3. The van der Waals surface area contributed by atoms with E-state index in [1.165, 1.54) is 18.7 Å². The molecule has 0 fully saturated rings. The van der Waals surface area contributed by atoms with E-state index in [2.05, 4.69) is 15.5 Å². The standard InChI is InChI=1S/C28H28N4O6S2/c1-6-38-27(35)23-16(2)24(17(3)33)40-26(23)29-22(34)15-39-28-31-30-25(20-9-7-8-10-21(20)37-5)32(28)18-11-13-19(36-4)14-12-18/h7-14H,6,15H2,1-5H3,(H,29,34). The van der Waals surface area contributed by atoms with Crippen molar-refractivity contribution < 1.29 is 28.6 Å². The number of carbonyl (C=O) groups is 3. The molecule has 0 radical (unpaired) electrons. The number of thiophene rings is 1. The Morgan fingerprint density at radius 3 is 2.40 bits per heavy atom. The molecular formula is C28H28N4O6S2. The number of methoxy groups -OCH3 is 2. The molecule has 2 aromatic heterocycles. The topological polar surface area (TPSA) is 122 Å². The predicted molar refractivity (Wildman–Crippen MR) is 154 cm³/mol. The van der Waals surface area contributed by atoms with E-state index < -0.39 is 5.97 Å². The van der Waals surface area contributed by atoms with Crippen molar-refractivity contribution in [3.05, 3.63) is 64.5 Å². The van der Waals surface area contributed by atoms with Crippen LogP contribution in [-0.4, -0.2) is 59.0 Å². The molecule has 1 amide bonds. The van der Waals surface area contributed by atoms with Gasteiger partial charge in [0.1, 0.15) is 16.5 Å². The van der Waals surface area contributed by atoms with Crippen LogP contribution in [0.1, 0.15) is 39.4 Å². The van der Waals surface area contributed by atoms with Crippen LogP contribution < -0.4 is 14.8 Å². The smallest absolute Gasteiger partial charge is 0.341 e. The number of carbonyl (C=O) groups excluding carboxylic acids is 3. The minimum Gasteiger partial charge on any atom is -0.497 e. The molecule has 0 saturated heterocycles. The third-order valence-electron chi connectivity index (χ3n) is 5.84. The van der Waals surface area contributed by atoms with Gasteiger partial charge < -0.3 is 19.5 Å². The zero-order valence-electron chi connectivity index (χ0n) is 22.6. The molecule has 0 bridgehead atoms. The summed E-state index contributed by atoms with van der Waals surface area (Å²) >= 11 is 2.23. The maximum atomic E-state index is 13.1. The van der Waals surface area contributed by atoms with Crippen molar-refractivity contribution in [2.75, 3.05) is 31.9 Å². The van der Waals surface area contributed by atoms with Crippen LogP contribution in [-0.2, 0) is 9.53 Å². The summed E-state index contributed by atoms with van der Waals surface area (Å²) in [4.78, 5) is 38.1. The number of aromatic nitrogens is 3. The maximum absolute atomic E-state index is 13.1. The predicted octanol–water partition coefficient (Wildman–Crippen LogP) is 5.43. The number of hydrogen-bond acceptors (Lipinski definition) is 10. The Morgan fingerprint density at radius 1 is 1.02 bits per heavy atom. The number of nitrogens with zero attached hydrogens (tertiary/aromatic N) is 3. The fourth-order valence-electron chi connectivity index (χ4n) is 4.01. The Kier molecular flexibility index (Phi) is 9.22. The van der Waals surface area contributed by atoms with E-state index >= 15 is 0 Å². The molecule has 4 aromatic rings. The van der Waals surface area contributed by atoms with E-state index in [9.17, 15) is 14.4 Å². The van der Waals surface area contributed by atoms with Crippen LogP contribution >= 0.6 is 23.1 Å². The van der Waals surface area contributed by atoms with Gasteiger partial charge in [0.15, 0.2) is 16.8 Å². The summed E-state index contributed by atoms with van der Waals surface area (Å²) < 4.78 is 17.8. The maximum Gasteiger partial charge on any atom is 0.341 e. The summed E-state index contributed by atoms with van der Waals surface area (Å²) in [5.41, 5.74) is 2.17. The summed E-state index contributed by atoms with van der Waals surface area (Å²) in [6, 6.07) is 14.9. The van der Waals surface area contributed by atoms with Gasteiger partial charge in [0, 0.05) is 0 Å². The molecule has 40 heavy (non-hydrogen) atoms. The third-order valence-corrected chi connectivity index (χ3v) is 8.08. The SMILES string of the molecule is CCOC(=O)c1c(NC(=O)CSc2nnc(-c3ccccc3OC)n2-c2ccc(OC)cc2)sc(C(C)=O)c1C. The number of hydrogen-bond donors (Lipinski definition) is 1. The Morgan fingerprint density at radius 2 is 1.75 bits per heavy atom. The molecule has 0 aliphatic rings. The number of Topliss-reactive ketones (excluding diaryl/α,β-unsaturated/α-hetero) is 1. The van der Waals surface area contributed by atoms with E-state index in [1.807, 2.05) is 53.1 Å². The van der Waals surface area contributed by atoms with Crippen molar-refractivity contribution in [3.63, 3.8) is 0 Å². The van der Waals surface area contributed by atoms with Gasteiger partial charge >= 0.3 is 5.97 Å². The average molecular weight is 581 g/mol. The Labute approximate surface area is 239 Å². The highest BCUT2D eigenvalue weighted by atomic mass is 32.2. The van der Waals surface area contributed by atoms with Crippen LogP contribution in [0.25, 0.3) is 17.1 Å². The third kappa shape index (κ3) is 6.02. The van der Waals surface area contributed by atoms with Crippen LogP contribution in [0.15, 0.2) is 53.7 Å². The zero-order valence-corrected chi connectivity index (χ0v) is 24.3. The number of anilines is 1. The quantitative estimate of drug-likeness (QED) is 0.141. The number of para-hydroxylation sites is 1. The lowest BCUT2D eigenvalue weighted by atomic mass is 10.1. The summed E-state index contributed by atoms with van der Waals surface area (Å²) in [6.07, 6.45) is 0. The molecule has 1 N–H and O–H groups in total.